The summed E-state index contributed by atoms with van der Waals surface area (Å²) < 4.78 is 51.1. The van der Waals surface area contributed by atoms with Crippen molar-refractivity contribution in [3.05, 3.63) is 54.1 Å². The molecule has 3 rings (SSSR count). The molecule has 0 amide bonds. The molecule has 1 aliphatic rings. The maximum atomic E-state index is 12.4. The van der Waals surface area contributed by atoms with Gasteiger partial charge in [0.15, 0.2) is 9.84 Å². The molecular formula is C19H24N2O4S2. The van der Waals surface area contributed by atoms with Gasteiger partial charge in [0, 0.05) is 25.3 Å². The van der Waals surface area contributed by atoms with Gasteiger partial charge in [-0.2, -0.15) is 0 Å². The maximum Gasteiger partial charge on any atom is 0.240 e. The van der Waals surface area contributed by atoms with Crippen LogP contribution in [0, 0.1) is 0 Å². The van der Waals surface area contributed by atoms with Crippen molar-refractivity contribution >= 4 is 25.5 Å². The van der Waals surface area contributed by atoms with E-state index in [-0.39, 0.29) is 22.1 Å². The third-order valence-electron chi connectivity index (χ3n) is 4.75. The minimum atomic E-state index is -3.71. The predicted molar refractivity (Wildman–Crippen MR) is 106 cm³/mol. The maximum absolute atomic E-state index is 12.4. The highest BCUT2D eigenvalue weighted by Gasteiger charge is 2.17. The molecule has 27 heavy (non-hydrogen) atoms. The number of sulfonamides is 1. The quantitative estimate of drug-likeness (QED) is 0.761. The molecule has 6 nitrogen and oxygen atoms in total. The van der Waals surface area contributed by atoms with Crippen LogP contribution in [-0.4, -0.2) is 35.7 Å². The molecule has 0 spiro atoms. The summed E-state index contributed by atoms with van der Waals surface area (Å²) >= 11 is 0. The van der Waals surface area contributed by atoms with E-state index < -0.39 is 19.9 Å². The highest BCUT2D eigenvalue weighted by Crippen LogP contribution is 2.21. The Hall–Kier alpha value is -1.90. The highest BCUT2D eigenvalue weighted by atomic mass is 32.2. The van der Waals surface area contributed by atoms with Gasteiger partial charge in [-0.1, -0.05) is 19.1 Å². The monoisotopic (exact) mass is 408 g/mol. The second-order valence-corrected chi connectivity index (χ2v) is 10.6. The van der Waals surface area contributed by atoms with Crippen molar-refractivity contribution in [3.8, 4) is 0 Å². The summed E-state index contributed by atoms with van der Waals surface area (Å²) in [4.78, 5) is 2.49. The molecule has 0 atom stereocenters. The van der Waals surface area contributed by atoms with E-state index in [0.717, 1.165) is 24.3 Å². The minimum Gasteiger partial charge on any atom is -0.372 e. The molecule has 1 heterocycles. The molecule has 0 saturated carbocycles. The van der Waals surface area contributed by atoms with Gasteiger partial charge in [0.1, 0.15) is 0 Å². The molecule has 1 N–H and O–H groups in total. The molecule has 0 radical (unpaired) electrons. The van der Waals surface area contributed by atoms with Crippen molar-refractivity contribution < 1.29 is 16.8 Å². The van der Waals surface area contributed by atoms with Gasteiger partial charge >= 0.3 is 0 Å². The van der Waals surface area contributed by atoms with Crippen molar-refractivity contribution in [2.45, 2.75) is 36.1 Å². The standard InChI is InChI=1S/C19H24N2O4S2/c1-2-26(22,23)18-9-11-19(12-10-18)27(24,25)20-15-16-5-7-17(8-6-16)21-13-3-4-14-21/h5-12,20H,2-4,13-15H2,1H3. The van der Waals surface area contributed by atoms with Gasteiger partial charge in [0.25, 0.3) is 0 Å². The zero-order valence-electron chi connectivity index (χ0n) is 15.3. The number of nitrogens with zero attached hydrogens (tertiary/aromatic N) is 1. The zero-order valence-corrected chi connectivity index (χ0v) is 16.9. The summed E-state index contributed by atoms with van der Waals surface area (Å²) in [6.07, 6.45) is 2.42. The Morgan fingerprint density at radius 1 is 0.852 bits per heavy atom. The Labute approximate surface area is 161 Å². The topological polar surface area (TPSA) is 83.5 Å². The molecule has 146 valence electrons. The molecule has 1 saturated heterocycles. The summed E-state index contributed by atoms with van der Waals surface area (Å²) in [6, 6.07) is 13.2. The first-order chi connectivity index (χ1) is 12.8. The number of benzene rings is 2. The molecule has 0 aliphatic carbocycles. The minimum absolute atomic E-state index is 0.0230. The van der Waals surface area contributed by atoms with Crippen molar-refractivity contribution in [3.63, 3.8) is 0 Å². The fourth-order valence-corrected chi connectivity index (χ4v) is 4.96. The van der Waals surface area contributed by atoms with E-state index in [1.807, 2.05) is 24.3 Å². The Bertz CT molecular complexity index is 977. The SMILES string of the molecule is CCS(=O)(=O)c1ccc(S(=O)(=O)NCc2ccc(N3CCCC3)cc2)cc1. The highest BCUT2D eigenvalue weighted by molar-refractivity contribution is 7.91. The lowest BCUT2D eigenvalue weighted by Crippen LogP contribution is -2.23. The predicted octanol–water partition coefficient (Wildman–Crippen LogP) is 2.56. The number of sulfone groups is 1. The third kappa shape index (κ3) is 4.69. The van der Waals surface area contributed by atoms with Crippen LogP contribution in [0.25, 0.3) is 0 Å². The number of anilines is 1. The lowest BCUT2D eigenvalue weighted by molar-refractivity contribution is 0.580. The van der Waals surface area contributed by atoms with Gasteiger partial charge in [-0.25, -0.2) is 21.6 Å². The summed E-state index contributed by atoms with van der Waals surface area (Å²) in [5.41, 5.74) is 2.03. The van der Waals surface area contributed by atoms with Gasteiger partial charge < -0.3 is 4.90 Å². The van der Waals surface area contributed by atoms with Crippen LogP contribution >= 0.6 is 0 Å². The van der Waals surface area contributed by atoms with Crippen LogP contribution in [0.2, 0.25) is 0 Å². The van der Waals surface area contributed by atoms with E-state index in [1.54, 1.807) is 6.92 Å². The molecule has 0 bridgehead atoms. The van der Waals surface area contributed by atoms with Crippen LogP contribution in [0.1, 0.15) is 25.3 Å². The fraction of sp³-hybridized carbons (Fsp3) is 0.368. The van der Waals surface area contributed by atoms with E-state index in [4.69, 9.17) is 0 Å². The largest absolute Gasteiger partial charge is 0.372 e. The van der Waals surface area contributed by atoms with Crippen LogP contribution in [-0.2, 0) is 26.4 Å². The first-order valence-electron chi connectivity index (χ1n) is 8.98. The molecule has 8 heteroatoms. The first kappa shape index (κ1) is 19.9. The van der Waals surface area contributed by atoms with Crippen molar-refractivity contribution in [1.82, 2.24) is 4.72 Å². The van der Waals surface area contributed by atoms with Gasteiger partial charge in [0.05, 0.1) is 15.5 Å². The smallest absolute Gasteiger partial charge is 0.240 e. The number of hydrogen-bond donors (Lipinski definition) is 1. The number of hydrogen-bond acceptors (Lipinski definition) is 5. The fourth-order valence-electron chi connectivity index (χ4n) is 3.05. The van der Waals surface area contributed by atoms with E-state index >= 15 is 0 Å². The lowest BCUT2D eigenvalue weighted by atomic mass is 10.2. The van der Waals surface area contributed by atoms with Crippen molar-refractivity contribution in [2.24, 2.45) is 0 Å². The Morgan fingerprint density at radius 2 is 1.41 bits per heavy atom. The van der Waals surface area contributed by atoms with E-state index in [0.29, 0.717) is 0 Å². The van der Waals surface area contributed by atoms with Crippen LogP contribution < -0.4 is 9.62 Å². The lowest BCUT2D eigenvalue weighted by Gasteiger charge is -2.17. The molecular weight excluding hydrogens is 384 g/mol. The van der Waals surface area contributed by atoms with Crippen molar-refractivity contribution in [2.75, 3.05) is 23.7 Å². The Kier molecular flexibility index (Phi) is 5.88. The van der Waals surface area contributed by atoms with Crippen LogP contribution in [0.15, 0.2) is 58.3 Å². The average Bonchev–Trinajstić information content (AvgIpc) is 3.22. The van der Waals surface area contributed by atoms with Crippen LogP contribution in [0.5, 0.6) is 0 Å². The second-order valence-electron chi connectivity index (χ2n) is 6.56. The summed E-state index contributed by atoms with van der Waals surface area (Å²) in [5.74, 6) is -0.0230. The number of rotatable bonds is 7. The molecule has 0 unspecified atom stereocenters. The number of nitrogens with one attached hydrogen (secondary N) is 1. The van der Waals surface area contributed by atoms with Gasteiger partial charge in [-0.3, -0.25) is 0 Å². The van der Waals surface area contributed by atoms with Crippen LogP contribution in [0.3, 0.4) is 0 Å². The van der Waals surface area contributed by atoms with Crippen LogP contribution in [0.4, 0.5) is 5.69 Å². The second kappa shape index (κ2) is 8.00. The normalized spacial score (nSPS) is 15.2. The molecule has 0 aromatic heterocycles. The van der Waals surface area contributed by atoms with Gasteiger partial charge in [-0.05, 0) is 54.8 Å². The Morgan fingerprint density at radius 3 is 1.96 bits per heavy atom. The van der Waals surface area contributed by atoms with E-state index in [1.165, 1.54) is 37.1 Å². The van der Waals surface area contributed by atoms with E-state index in [9.17, 15) is 16.8 Å². The molecule has 2 aromatic rings. The molecule has 2 aromatic carbocycles. The summed E-state index contributed by atoms with van der Waals surface area (Å²) in [6.45, 7) is 3.86. The molecule has 1 fully saturated rings. The summed E-state index contributed by atoms with van der Waals surface area (Å²) in [7, 11) is -7.05. The zero-order chi connectivity index (χ0) is 19.5. The third-order valence-corrected chi connectivity index (χ3v) is 7.91. The summed E-state index contributed by atoms with van der Waals surface area (Å²) in [5, 5.41) is 0. The average molecular weight is 409 g/mol. The Balaban J connectivity index is 1.66. The van der Waals surface area contributed by atoms with Crippen molar-refractivity contribution in [1.29, 1.82) is 0 Å². The van der Waals surface area contributed by atoms with Gasteiger partial charge in [0.2, 0.25) is 10.0 Å². The van der Waals surface area contributed by atoms with Gasteiger partial charge in [-0.15, -0.1) is 0 Å². The first-order valence-corrected chi connectivity index (χ1v) is 12.1. The molecule has 1 aliphatic heterocycles. The van der Waals surface area contributed by atoms with E-state index in [2.05, 4.69) is 9.62 Å².